The van der Waals surface area contributed by atoms with E-state index in [0.29, 0.717) is 29.8 Å². The van der Waals surface area contributed by atoms with Gasteiger partial charge in [-0.3, -0.25) is 4.79 Å². The summed E-state index contributed by atoms with van der Waals surface area (Å²) in [6.45, 7) is 2.49. The number of rotatable bonds is 2. The van der Waals surface area contributed by atoms with E-state index in [1.165, 1.54) is 17.1 Å². The molecular formula is C16H20N6O2. The van der Waals surface area contributed by atoms with Crippen LogP contribution in [0.2, 0.25) is 0 Å². The highest BCUT2D eigenvalue weighted by Gasteiger charge is 2.35. The van der Waals surface area contributed by atoms with Crippen LogP contribution >= 0.6 is 0 Å². The predicted molar refractivity (Wildman–Crippen MR) is 85.9 cm³/mol. The third-order valence-corrected chi connectivity index (χ3v) is 5.10. The summed E-state index contributed by atoms with van der Waals surface area (Å²) < 4.78 is 1.47. The maximum absolute atomic E-state index is 13.0. The number of carbonyl (C=O) groups is 1. The van der Waals surface area contributed by atoms with Crippen LogP contribution in [0.4, 0.5) is 0 Å². The summed E-state index contributed by atoms with van der Waals surface area (Å²) in [6, 6.07) is 5.24. The minimum atomic E-state index is -0.130. The van der Waals surface area contributed by atoms with Crippen molar-refractivity contribution in [2.45, 2.75) is 18.9 Å². The Balaban J connectivity index is 1.63. The number of piperidine rings is 1. The van der Waals surface area contributed by atoms with Crippen LogP contribution in [0.15, 0.2) is 24.5 Å². The summed E-state index contributed by atoms with van der Waals surface area (Å²) in [5, 5.41) is 21.2. The minimum absolute atomic E-state index is 0.0122. The fraction of sp³-hybridized carbons (Fsp3) is 0.500. The largest absolute Gasteiger partial charge is 0.507 e. The average molecular weight is 328 g/mol. The van der Waals surface area contributed by atoms with Gasteiger partial charge in [-0.05, 0) is 54.4 Å². The lowest BCUT2D eigenvalue weighted by atomic mass is 9.96. The molecule has 8 nitrogen and oxygen atoms in total. The van der Waals surface area contributed by atoms with Crippen LogP contribution in [-0.2, 0) is 0 Å². The number of carbonyl (C=O) groups excluding carboxylic acids is 1. The number of aromatic hydroxyl groups is 1. The third kappa shape index (κ3) is 2.62. The number of hydrogen-bond donors (Lipinski definition) is 1. The quantitative estimate of drug-likeness (QED) is 0.865. The van der Waals surface area contributed by atoms with Gasteiger partial charge in [0.1, 0.15) is 12.1 Å². The van der Waals surface area contributed by atoms with E-state index in [1.54, 1.807) is 12.1 Å². The van der Waals surface area contributed by atoms with Gasteiger partial charge in [-0.15, -0.1) is 5.10 Å². The molecule has 24 heavy (non-hydrogen) atoms. The Bertz CT molecular complexity index is 747. The van der Waals surface area contributed by atoms with Crippen molar-refractivity contribution in [3.05, 3.63) is 30.1 Å². The summed E-state index contributed by atoms with van der Waals surface area (Å²) in [6.07, 6.45) is 3.75. The van der Waals surface area contributed by atoms with E-state index in [4.69, 9.17) is 0 Å². The molecule has 3 fully saturated rings. The molecule has 1 N–H and O–H groups in total. The summed E-state index contributed by atoms with van der Waals surface area (Å²) in [7, 11) is 2.13. The van der Waals surface area contributed by atoms with Gasteiger partial charge in [0.25, 0.3) is 5.91 Å². The highest BCUT2D eigenvalue weighted by atomic mass is 16.3. The maximum atomic E-state index is 13.0. The first-order valence-electron chi connectivity index (χ1n) is 8.17. The second kappa shape index (κ2) is 5.86. The zero-order valence-electron chi connectivity index (χ0n) is 13.5. The van der Waals surface area contributed by atoms with E-state index in [9.17, 15) is 9.90 Å². The average Bonchev–Trinajstić information content (AvgIpc) is 2.97. The topological polar surface area (TPSA) is 87.4 Å². The minimum Gasteiger partial charge on any atom is -0.507 e. The molecule has 0 radical (unpaired) electrons. The van der Waals surface area contributed by atoms with Crippen molar-refractivity contribution in [3.63, 3.8) is 0 Å². The number of fused-ring (bicyclic) bond motifs is 4. The Morgan fingerprint density at radius 3 is 2.88 bits per heavy atom. The number of tetrazole rings is 1. The molecular weight excluding hydrogens is 308 g/mol. The number of phenols is 1. The summed E-state index contributed by atoms with van der Waals surface area (Å²) >= 11 is 0. The Kier molecular flexibility index (Phi) is 3.68. The molecule has 0 saturated carbocycles. The van der Waals surface area contributed by atoms with Crippen LogP contribution in [0.5, 0.6) is 5.75 Å². The van der Waals surface area contributed by atoms with Gasteiger partial charge in [-0.25, -0.2) is 4.68 Å². The number of phenolic OH excluding ortho intramolecular Hbond substituents is 1. The van der Waals surface area contributed by atoms with E-state index in [-0.39, 0.29) is 11.7 Å². The van der Waals surface area contributed by atoms with Gasteiger partial charge in [-0.1, -0.05) is 0 Å². The molecule has 1 amide bonds. The van der Waals surface area contributed by atoms with Gasteiger partial charge in [-0.2, -0.15) is 0 Å². The Hall–Kier alpha value is -2.48. The van der Waals surface area contributed by atoms with Crippen LogP contribution in [-0.4, -0.2) is 73.7 Å². The van der Waals surface area contributed by atoms with Gasteiger partial charge < -0.3 is 14.9 Å². The van der Waals surface area contributed by atoms with Crippen LogP contribution in [0, 0.1) is 5.92 Å². The van der Waals surface area contributed by atoms with E-state index in [1.807, 2.05) is 4.90 Å². The molecule has 3 saturated heterocycles. The molecule has 2 bridgehead atoms. The van der Waals surface area contributed by atoms with Crippen molar-refractivity contribution in [1.29, 1.82) is 0 Å². The van der Waals surface area contributed by atoms with Crippen molar-refractivity contribution in [1.82, 2.24) is 30.0 Å². The van der Waals surface area contributed by atoms with Crippen LogP contribution in [0.3, 0.4) is 0 Å². The van der Waals surface area contributed by atoms with Crippen molar-refractivity contribution in [3.8, 4) is 11.4 Å². The first kappa shape index (κ1) is 15.1. The van der Waals surface area contributed by atoms with E-state index in [0.717, 1.165) is 25.9 Å². The zero-order valence-corrected chi connectivity index (χ0v) is 13.5. The van der Waals surface area contributed by atoms with E-state index >= 15 is 0 Å². The molecule has 1 aromatic heterocycles. The third-order valence-electron chi connectivity index (χ3n) is 5.10. The van der Waals surface area contributed by atoms with Crippen molar-refractivity contribution in [2.24, 2.45) is 5.92 Å². The number of nitrogens with zero attached hydrogens (tertiary/aromatic N) is 6. The molecule has 1 aromatic carbocycles. The predicted octanol–water partition coefficient (Wildman–Crippen LogP) is 0.534. The highest BCUT2D eigenvalue weighted by molar-refractivity contribution is 5.97. The fourth-order valence-electron chi connectivity index (χ4n) is 3.77. The lowest BCUT2D eigenvalue weighted by Gasteiger charge is -2.32. The van der Waals surface area contributed by atoms with E-state index < -0.39 is 0 Å². The van der Waals surface area contributed by atoms with Crippen LogP contribution in [0.25, 0.3) is 5.69 Å². The fourth-order valence-corrected chi connectivity index (χ4v) is 3.77. The summed E-state index contributed by atoms with van der Waals surface area (Å²) in [5.74, 6) is 0.360. The molecule has 4 heterocycles. The Morgan fingerprint density at radius 1 is 1.25 bits per heavy atom. The lowest BCUT2D eigenvalue weighted by Crippen LogP contribution is -2.41. The molecule has 3 aliphatic rings. The number of likely N-dealkylation sites (N-methyl/N-ethyl adjacent to an activating group) is 1. The molecule has 8 heteroatoms. The van der Waals surface area contributed by atoms with Crippen molar-refractivity contribution < 1.29 is 9.90 Å². The Labute approximate surface area is 139 Å². The summed E-state index contributed by atoms with van der Waals surface area (Å²) in [4.78, 5) is 17.2. The zero-order chi connectivity index (χ0) is 16.7. The number of aromatic nitrogens is 4. The highest BCUT2D eigenvalue weighted by Crippen LogP contribution is 2.29. The molecule has 126 valence electrons. The Morgan fingerprint density at radius 2 is 2.12 bits per heavy atom. The molecule has 2 aromatic rings. The normalized spacial score (nSPS) is 24.1. The molecule has 2 atom stereocenters. The van der Waals surface area contributed by atoms with Crippen LogP contribution in [0.1, 0.15) is 23.2 Å². The second-order valence-corrected chi connectivity index (χ2v) is 6.70. The van der Waals surface area contributed by atoms with Gasteiger partial charge in [0.15, 0.2) is 0 Å². The van der Waals surface area contributed by atoms with Gasteiger partial charge in [0.05, 0.1) is 11.3 Å². The van der Waals surface area contributed by atoms with Crippen molar-refractivity contribution >= 4 is 5.91 Å². The van der Waals surface area contributed by atoms with Gasteiger partial charge in [0.2, 0.25) is 0 Å². The molecule has 0 unspecified atom stereocenters. The van der Waals surface area contributed by atoms with Crippen molar-refractivity contribution in [2.75, 3.05) is 26.7 Å². The molecule has 0 aliphatic carbocycles. The number of hydrogen-bond acceptors (Lipinski definition) is 6. The lowest BCUT2D eigenvalue weighted by molar-refractivity contribution is 0.0739. The summed E-state index contributed by atoms with van der Waals surface area (Å²) in [5.41, 5.74) is 0.947. The standard InChI is InChI=1S/C16H20N6O2/c1-20-7-11-2-3-13(20)9-21(8-11)16(24)14-6-12(4-5-15(14)23)22-10-17-18-19-22/h4-6,10-11,13,23H,2-3,7-9H2,1H3/t11-,13-/m1/s1. The monoisotopic (exact) mass is 328 g/mol. The SMILES string of the molecule is CN1C[C@H]2CC[C@@H]1CN(C(=O)c1cc(-n3cnnn3)ccc1O)C2. The molecule has 0 spiro atoms. The smallest absolute Gasteiger partial charge is 0.257 e. The second-order valence-electron chi connectivity index (χ2n) is 6.70. The maximum Gasteiger partial charge on any atom is 0.257 e. The van der Waals surface area contributed by atoms with E-state index in [2.05, 4.69) is 27.5 Å². The first-order valence-corrected chi connectivity index (χ1v) is 8.17. The number of amides is 1. The van der Waals surface area contributed by atoms with Crippen LogP contribution < -0.4 is 0 Å². The van der Waals surface area contributed by atoms with Gasteiger partial charge in [0, 0.05) is 25.7 Å². The number of benzene rings is 1. The van der Waals surface area contributed by atoms with Gasteiger partial charge >= 0.3 is 0 Å². The molecule has 5 rings (SSSR count). The molecule has 3 aliphatic heterocycles. The first-order chi connectivity index (χ1) is 11.6.